The number of hydrogen-bond donors (Lipinski definition) is 1. The van der Waals surface area contributed by atoms with Gasteiger partial charge < -0.3 is 10.3 Å². The molecule has 0 aliphatic heterocycles. The van der Waals surface area contributed by atoms with E-state index in [-0.39, 0.29) is 19.0 Å². The fraction of sp³-hybridized carbons (Fsp3) is 0.375. The molecule has 2 N–H and O–H groups in total. The number of halogens is 1. The molecule has 0 aliphatic rings. The van der Waals surface area contributed by atoms with Crippen molar-refractivity contribution >= 4 is 12.4 Å². The van der Waals surface area contributed by atoms with Gasteiger partial charge in [-0.2, -0.15) is 10.1 Å². The smallest absolute Gasteiger partial charge is 0.240 e. The lowest BCUT2D eigenvalue weighted by Gasteiger charge is -1.89. The van der Waals surface area contributed by atoms with Crippen LogP contribution in [0.25, 0.3) is 11.4 Å². The van der Waals surface area contributed by atoms with Crippen LogP contribution in [0.15, 0.2) is 16.9 Å². The van der Waals surface area contributed by atoms with Gasteiger partial charge in [-0.15, -0.1) is 12.4 Å². The Morgan fingerprint density at radius 2 is 2.33 bits per heavy atom. The second kappa shape index (κ2) is 4.90. The fourth-order valence-electron chi connectivity index (χ4n) is 1.11. The van der Waals surface area contributed by atoms with Crippen molar-refractivity contribution in [1.29, 1.82) is 0 Å². The van der Waals surface area contributed by atoms with Gasteiger partial charge in [0.25, 0.3) is 0 Å². The summed E-state index contributed by atoms with van der Waals surface area (Å²) in [7, 11) is 0. The van der Waals surface area contributed by atoms with E-state index in [0.717, 1.165) is 12.1 Å². The lowest BCUT2D eigenvalue weighted by atomic mass is 10.3. The summed E-state index contributed by atoms with van der Waals surface area (Å²) >= 11 is 0. The maximum Gasteiger partial charge on any atom is 0.240 e. The molecule has 0 aromatic carbocycles. The molecule has 6 nitrogen and oxygen atoms in total. The summed E-state index contributed by atoms with van der Waals surface area (Å²) in [5, 5.41) is 7.90. The molecular weight excluding hydrogens is 218 g/mol. The summed E-state index contributed by atoms with van der Waals surface area (Å²) in [5.74, 6) is 0.967. The summed E-state index contributed by atoms with van der Waals surface area (Å²) in [6, 6.07) is 0. The van der Waals surface area contributed by atoms with Crippen LogP contribution in [0.1, 0.15) is 12.8 Å². The van der Waals surface area contributed by atoms with Gasteiger partial charge in [-0.05, 0) is 6.92 Å². The van der Waals surface area contributed by atoms with E-state index in [1.807, 2.05) is 13.1 Å². The molecule has 7 heteroatoms. The first-order chi connectivity index (χ1) is 6.83. The average molecular weight is 230 g/mol. The molecule has 82 valence electrons. The number of rotatable bonds is 3. The highest BCUT2D eigenvalue weighted by atomic mass is 35.5. The highest BCUT2D eigenvalue weighted by Crippen LogP contribution is 2.13. The lowest BCUT2D eigenvalue weighted by Crippen LogP contribution is -1.95. The molecule has 0 amide bonds. The summed E-state index contributed by atoms with van der Waals surface area (Å²) in [5.41, 5.74) is 6.20. The molecule has 0 fully saturated rings. The van der Waals surface area contributed by atoms with E-state index in [2.05, 4.69) is 15.2 Å². The molecule has 2 heterocycles. The first-order valence-electron chi connectivity index (χ1n) is 4.39. The highest BCUT2D eigenvalue weighted by molar-refractivity contribution is 5.85. The molecule has 0 saturated carbocycles. The third-order valence-electron chi connectivity index (χ3n) is 1.86. The van der Waals surface area contributed by atoms with Crippen LogP contribution in [-0.4, -0.2) is 19.9 Å². The van der Waals surface area contributed by atoms with E-state index in [4.69, 9.17) is 10.3 Å². The van der Waals surface area contributed by atoms with Gasteiger partial charge in [0.05, 0.1) is 18.3 Å². The van der Waals surface area contributed by atoms with Crippen molar-refractivity contribution in [2.45, 2.75) is 20.0 Å². The first kappa shape index (κ1) is 11.7. The molecule has 0 saturated heterocycles. The fourth-order valence-corrected chi connectivity index (χ4v) is 1.11. The Bertz CT molecular complexity index is 384. The van der Waals surface area contributed by atoms with Crippen molar-refractivity contribution < 1.29 is 4.52 Å². The van der Waals surface area contributed by atoms with E-state index in [1.165, 1.54) is 0 Å². The van der Waals surface area contributed by atoms with Crippen LogP contribution in [0.5, 0.6) is 0 Å². The number of nitrogens with two attached hydrogens (primary N) is 1. The minimum atomic E-state index is 0. The zero-order chi connectivity index (χ0) is 9.97. The van der Waals surface area contributed by atoms with Crippen LogP contribution in [-0.2, 0) is 13.1 Å². The topological polar surface area (TPSA) is 82.8 Å². The highest BCUT2D eigenvalue weighted by Gasteiger charge is 2.08. The Labute approximate surface area is 92.9 Å². The zero-order valence-corrected chi connectivity index (χ0v) is 9.07. The van der Waals surface area contributed by atoms with Crippen LogP contribution >= 0.6 is 12.4 Å². The predicted octanol–water partition coefficient (Wildman–Crippen LogP) is 0.833. The van der Waals surface area contributed by atoms with Crippen LogP contribution in [0.4, 0.5) is 0 Å². The van der Waals surface area contributed by atoms with Crippen molar-refractivity contribution in [3.8, 4) is 11.4 Å². The monoisotopic (exact) mass is 229 g/mol. The lowest BCUT2D eigenvalue weighted by molar-refractivity contribution is 0.380. The van der Waals surface area contributed by atoms with Crippen molar-refractivity contribution in [2.75, 3.05) is 0 Å². The minimum absolute atomic E-state index is 0. The van der Waals surface area contributed by atoms with Gasteiger partial charge in [0.15, 0.2) is 0 Å². The Morgan fingerprint density at radius 1 is 1.53 bits per heavy atom. The minimum Gasteiger partial charge on any atom is -0.338 e. The van der Waals surface area contributed by atoms with Crippen LogP contribution in [0.2, 0.25) is 0 Å². The molecule has 15 heavy (non-hydrogen) atoms. The Balaban J connectivity index is 0.00000112. The van der Waals surface area contributed by atoms with E-state index >= 15 is 0 Å². The quantitative estimate of drug-likeness (QED) is 0.843. The third-order valence-corrected chi connectivity index (χ3v) is 1.86. The first-order valence-corrected chi connectivity index (χ1v) is 4.39. The van der Waals surface area contributed by atoms with E-state index < -0.39 is 0 Å². The van der Waals surface area contributed by atoms with Crippen molar-refractivity contribution in [2.24, 2.45) is 5.73 Å². The third kappa shape index (κ3) is 2.34. The van der Waals surface area contributed by atoms with Gasteiger partial charge in [0.1, 0.15) is 0 Å². The molecule has 0 bridgehead atoms. The van der Waals surface area contributed by atoms with Gasteiger partial charge in [0.2, 0.25) is 11.7 Å². The Kier molecular flexibility index (Phi) is 3.81. The Hall–Kier alpha value is -1.40. The SMILES string of the molecule is CCn1cc(-c2noc(CN)n2)cn1.Cl. The van der Waals surface area contributed by atoms with Gasteiger partial charge in [-0.25, -0.2) is 0 Å². The molecule has 0 unspecified atom stereocenters. The van der Waals surface area contributed by atoms with Gasteiger partial charge in [0, 0.05) is 12.7 Å². The van der Waals surface area contributed by atoms with Crippen molar-refractivity contribution in [3.63, 3.8) is 0 Å². The van der Waals surface area contributed by atoms with Crippen molar-refractivity contribution in [1.82, 2.24) is 19.9 Å². The standard InChI is InChI=1S/C8H11N5O.ClH/c1-2-13-5-6(4-10-13)8-11-7(3-9)14-12-8;/h4-5H,2-3,9H2,1H3;1H. The molecule has 2 aromatic heterocycles. The predicted molar refractivity (Wildman–Crippen MR) is 56.3 cm³/mol. The van der Waals surface area contributed by atoms with Gasteiger partial charge >= 0.3 is 0 Å². The molecule has 0 radical (unpaired) electrons. The van der Waals surface area contributed by atoms with Crippen LogP contribution in [0.3, 0.4) is 0 Å². The van der Waals surface area contributed by atoms with E-state index in [0.29, 0.717) is 11.7 Å². The number of hydrogen-bond acceptors (Lipinski definition) is 5. The summed E-state index contributed by atoms with van der Waals surface area (Å²) in [4.78, 5) is 4.09. The number of nitrogens with zero attached hydrogens (tertiary/aromatic N) is 4. The normalized spacial score (nSPS) is 10.0. The van der Waals surface area contributed by atoms with Crippen LogP contribution in [0, 0.1) is 0 Å². The largest absolute Gasteiger partial charge is 0.338 e. The molecule has 2 aromatic rings. The number of aromatic nitrogens is 4. The number of aryl methyl sites for hydroxylation is 1. The van der Waals surface area contributed by atoms with Crippen LogP contribution < -0.4 is 5.73 Å². The van der Waals surface area contributed by atoms with E-state index in [1.54, 1.807) is 10.9 Å². The molecule has 0 spiro atoms. The van der Waals surface area contributed by atoms with Gasteiger partial charge in [-0.1, -0.05) is 5.16 Å². The Morgan fingerprint density at radius 3 is 2.87 bits per heavy atom. The van der Waals surface area contributed by atoms with E-state index in [9.17, 15) is 0 Å². The second-order valence-electron chi connectivity index (χ2n) is 2.80. The summed E-state index contributed by atoms with van der Waals surface area (Å²) < 4.78 is 6.69. The molecule has 0 aliphatic carbocycles. The maximum absolute atomic E-state index is 5.36. The van der Waals surface area contributed by atoms with Crippen molar-refractivity contribution in [3.05, 3.63) is 18.3 Å². The molecule has 0 atom stereocenters. The van der Waals surface area contributed by atoms with Gasteiger partial charge in [-0.3, -0.25) is 4.68 Å². The summed E-state index contributed by atoms with van der Waals surface area (Å²) in [6.45, 7) is 3.09. The maximum atomic E-state index is 5.36. The summed E-state index contributed by atoms with van der Waals surface area (Å²) in [6.07, 6.45) is 3.57. The molecular formula is C8H12ClN5O. The average Bonchev–Trinajstić information content (AvgIpc) is 2.86. The zero-order valence-electron chi connectivity index (χ0n) is 8.25. The molecule has 2 rings (SSSR count). The second-order valence-corrected chi connectivity index (χ2v) is 2.80.